The predicted octanol–water partition coefficient (Wildman–Crippen LogP) is 3.57. The van der Waals surface area contributed by atoms with Crippen molar-refractivity contribution >= 4 is 17.5 Å². The molecule has 0 spiro atoms. The summed E-state index contributed by atoms with van der Waals surface area (Å²) in [6, 6.07) is 8.88. The van der Waals surface area contributed by atoms with Gasteiger partial charge in [0, 0.05) is 19.2 Å². The minimum atomic E-state index is -0.365. The minimum absolute atomic E-state index is 0.140. The van der Waals surface area contributed by atoms with E-state index in [1.54, 1.807) is 17.0 Å². The Kier molecular flexibility index (Phi) is 6.82. The smallest absolute Gasteiger partial charge is 0.262 e. The van der Waals surface area contributed by atoms with Gasteiger partial charge in [0.15, 0.2) is 18.1 Å². The zero-order valence-corrected chi connectivity index (χ0v) is 17.9. The lowest BCUT2D eigenvalue weighted by atomic mass is 10.1. The van der Waals surface area contributed by atoms with Gasteiger partial charge in [-0.25, -0.2) is 0 Å². The number of carbonyl (C=O) groups is 2. The molecule has 0 atom stereocenters. The molecule has 7 nitrogen and oxygen atoms in total. The quantitative estimate of drug-likeness (QED) is 0.752. The number of nitrogens with one attached hydrogen (secondary N) is 1. The molecule has 160 valence electrons. The molecule has 30 heavy (non-hydrogen) atoms. The highest BCUT2D eigenvalue weighted by atomic mass is 16.5. The third-order valence-corrected chi connectivity index (χ3v) is 5.27. The first-order valence-electron chi connectivity index (χ1n) is 9.98. The van der Waals surface area contributed by atoms with E-state index < -0.39 is 0 Å². The van der Waals surface area contributed by atoms with Crippen LogP contribution in [0.3, 0.4) is 0 Å². The van der Waals surface area contributed by atoms with Gasteiger partial charge in [0.05, 0.1) is 25.5 Å². The second-order valence-corrected chi connectivity index (χ2v) is 7.33. The van der Waals surface area contributed by atoms with E-state index in [9.17, 15) is 9.59 Å². The number of hydrogen-bond acceptors (Lipinski definition) is 5. The van der Waals surface area contributed by atoms with E-state index in [-0.39, 0.29) is 18.4 Å². The number of amides is 2. The van der Waals surface area contributed by atoms with Crippen molar-refractivity contribution in [2.45, 2.75) is 26.7 Å². The number of nitrogens with zero attached hydrogens (tertiary/aromatic N) is 1. The Morgan fingerprint density at radius 2 is 1.63 bits per heavy atom. The molecule has 0 unspecified atom stereocenters. The Labute approximate surface area is 176 Å². The normalized spacial score (nSPS) is 13.1. The first-order chi connectivity index (χ1) is 14.4. The van der Waals surface area contributed by atoms with E-state index in [1.807, 2.05) is 32.0 Å². The van der Waals surface area contributed by atoms with Crippen LogP contribution in [0.1, 0.15) is 34.3 Å². The van der Waals surface area contributed by atoms with E-state index in [1.165, 1.54) is 14.2 Å². The molecule has 1 saturated heterocycles. The van der Waals surface area contributed by atoms with Crippen LogP contribution in [0.5, 0.6) is 17.2 Å². The minimum Gasteiger partial charge on any atom is -0.493 e. The van der Waals surface area contributed by atoms with Gasteiger partial charge in [-0.15, -0.1) is 0 Å². The molecule has 2 aromatic carbocycles. The molecule has 2 amide bonds. The maximum absolute atomic E-state index is 13.0. The number of likely N-dealkylation sites (tertiary alicyclic amines) is 1. The van der Waals surface area contributed by atoms with Crippen molar-refractivity contribution in [3.8, 4) is 17.2 Å². The van der Waals surface area contributed by atoms with Crippen LogP contribution in [0.2, 0.25) is 0 Å². The average molecular weight is 412 g/mol. The molecule has 2 aromatic rings. The summed E-state index contributed by atoms with van der Waals surface area (Å²) in [7, 11) is 3.02. The summed E-state index contributed by atoms with van der Waals surface area (Å²) in [5, 5.41) is 2.79. The van der Waals surface area contributed by atoms with Crippen molar-refractivity contribution in [1.82, 2.24) is 4.90 Å². The molecule has 7 heteroatoms. The van der Waals surface area contributed by atoms with E-state index in [2.05, 4.69) is 5.32 Å². The summed E-state index contributed by atoms with van der Waals surface area (Å²) in [5.41, 5.74) is 2.99. The lowest BCUT2D eigenvalue weighted by Crippen LogP contribution is -2.29. The van der Waals surface area contributed by atoms with Gasteiger partial charge in [0.25, 0.3) is 11.8 Å². The second-order valence-electron chi connectivity index (χ2n) is 7.33. The first-order valence-corrected chi connectivity index (χ1v) is 9.98. The van der Waals surface area contributed by atoms with Crippen molar-refractivity contribution < 1.29 is 23.8 Å². The molecule has 1 aliphatic rings. The molecule has 0 aliphatic carbocycles. The molecule has 0 radical (unpaired) electrons. The van der Waals surface area contributed by atoms with Gasteiger partial charge in [-0.3, -0.25) is 9.59 Å². The number of rotatable bonds is 7. The molecule has 3 rings (SSSR count). The van der Waals surface area contributed by atoms with Crippen molar-refractivity contribution in [3.05, 3.63) is 47.0 Å². The van der Waals surface area contributed by atoms with Crippen LogP contribution in [0.4, 0.5) is 5.69 Å². The van der Waals surface area contributed by atoms with E-state index in [4.69, 9.17) is 14.2 Å². The number of hydrogen-bond donors (Lipinski definition) is 1. The SMILES string of the molecule is COc1cc(NC(=O)COc2ccc(C)c(C)c2)c(C(=O)N2CCCC2)cc1OC. The summed E-state index contributed by atoms with van der Waals surface area (Å²) >= 11 is 0. The highest BCUT2D eigenvalue weighted by molar-refractivity contribution is 6.05. The summed E-state index contributed by atoms with van der Waals surface area (Å²) < 4.78 is 16.3. The van der Waals surface area contributed by atoms with Crippen molar-refractivity contribution in [2.75, 3.05) is 39.2 Å². The fourth-order valence-electron chi connectivity index (χ4n) is 3.39. The Balaban J connectivity index is 1.79. The molecule has 0 aromatic heterocycles. The van der Waals surface area contributed by atoms with Crippen LogP contribution in [0, 0.1) is 13.8 Å². The topological polar surface area (TPSA) is 77.1 Å². The maximum atomic E-state index is 13.0. The Morgan fingerprint density at radius 1 is 0.967 bits per heavy atom. The largest absolute Gasteiger partial charge is 0.493 e. The Morgan fingerprint density at radius 3 is 2.27 bits per heavy atom. The summed E-state index contributed by atoms with van der Waals surface area (Å²) in [5.74, 6) is 0.981. The van der Waals surface area contributed by atoms with Gasteiger partial charge < -0.3 is 24.4 Å². The average Bonchev–Trinajstić information content (AvgIpc) is 3.28. The Bertz CT molecular complexity index is 935. The number of anilines is 1. The predicted molar refractivity (Wildman–Crippen MR) is 115 cm³/mol. The van der Waals surface area contributed by atoms with Crippen molar-refractivity contribution in [2.24, 2.45) is 0 Å². The standard InChI is InChI=1S/C23H28N2O5/c1-15-7-8-17(11-16(15)2)30-14-22(26)24-19-13-21(29-4)20(28-3)12-18(19)23(27)25-9-5-6-10-25/h7-8,11-13H,5-6,9-10,14H2,1-4H3,(H,24,26). The van der Waals surface area contributed by atoms with E-state index in [0.717, 1.165) is 24.0 Å². The summed E-state index contributed by atoms with van der Waals surface area (Å²) in [6.45, 7) is 5.24. The van der Waals surface area contributed by atoms with Gasteiger partial charge >= 0.3 is 0 Å². The van der Waals surface area contributed by atoms with Gasteiger partial charge in [0.2, 0.25) is 0 Å². The number of carbonyl (C=O) groups excluding carboxylic acids is 2. The lowest BCUT2D eigenvalue weighted by molar-refractivity contribution is -0.118. The van der Waals surface area contributed by atoms with Crippen LogP contribution in [0.15, 0.2) is 30.3 Å². The molecule has 0 saturated carbocycles. The van der Waals surface area contributed by atoms with Crippen LogP contribution >= 0.6 is 0 Å². The monoisotopic (exact) mass is 412 g/mol. The van der Waals surface area contributed by atoms with Gasteiger partial charge in [0.1, 0.15) is 5.75 Å². The van der Waals surface area contributed by atoms with Crippen LogP contribution in [-0.4, -0.2) is 50.6 Å². The molecule has 1 aliphatic heterocycles. The lowest BCUT2D eigenvalue weighted by Gasteiger charge is -2.20. The number of aryl methyl sites for hydroxylation is 2. The third kappa shape index (κ3) is 4.84. The van der Waals surface area contributed by atoms with Crippen molar-refractivity contribution in [3.63, 3.8) is 0 Å². The van der Waals surface area contributed by atoms with E-state index in [0.29, 0.717) is 41.6 Å². The van der Waals surface area contributed by atoms with Crippen LogP contribution < -0.4 is 19.5 Å². The zero-order chi connectivity index (χ0) is 21.7. The molecule has 0 bridgehead atoms. The zero-order valence-electron chi connectivity index (χ0n) is 17.9. The van der Waals surface area contributed by atoms with Gasteiger partial charge in [-0.05, 0) is 56.0 Å². The molecular formula is C23H28N2O5. The highest BCUT2D eigenvalue weighted by Gasteiger charge is 2.25. The van der Waals surface area contributed by atoms with E-state index >= 15 is 0 Å². The number of benzene rings is 2. The molecular weight excluding hydrogens is 384 g/mol. The summed E-state index contributed by atoms with van der Waals surface area (Å²) in [4.78, 5) is 27.3. The second kappa shape index (κ2) is 9.52. The molecule has 1 fully saturated rings. The Hall–Kier alpha value is -3.22. The highest BCUT2D eigenvalue weighted by Crippen LogP contribution is 2.34. The number of methoxy groups -OCH3 is 2. The molecule has 1 heterocycles. The summed E-state index contributed by atoms with van der Waals surface area (Å²) in [6.07, 6.45) is 1.95. The first kappa shape index (κ1) is 21.5. The fraction of sp³-hybridized carbons (Fsp3) is 0.391. The van der Waals surface area contributed by atoms with Crippen LogP contribution in [0.25, 0.3) is 0 Å². The van der Waals surface area contributed by atoms with Crippen LogP contribution in [-0.2, 0) is 4.79 Å². The maximum Gasteiger partial charge on any atom is 0.262 e. The molecule has 1 N–H and O–H groups in total. The van der Waals surface area contributed by atoms with Gasteiger partial charge in [-0.2, -0.15) is 0 Å². The van der Waals surface area contributed by atoms with Gasteiger partial charge in [-0.1, -0.05) is 6.07 Å². The third-order valence-electron chi connectivity index (χ3n) is 5.27. The fourth-order valence-corrected chi connectivity index (χ4v) is 3.39. The number of ether oxygens (including phenoxy) is 3. The van der Waals surface area contributed by atoms with Crippen molar-refractivity contribution in [1.29, 1.82) is 0 Å².